The second kappa shape index (κ2) is 5.89. The lowest BCUT2D eigenvalue weighted by Crippen LogP contribution is -2.09. The number of aryl methyl sites for hydroxylation is 1. The molecular formula is C12H9Cl2NO3. The van der Waals surface area contributed by atoms with Crippen molar-refractivity contribution in [3.63, 3.8) is 0 Å². The van der Waals surface area contributed by atoms with Crippen LogP contribution in [0.3, 0.4) is 0 Å². The fraction of sp³-hybridized carbons (Fsp3) is 0.167. The van der Waals surface area contributed by atoms with Gasteiger partial charge in [-0.05, 0) is 12.1 Å². The molecule has 0 saturated heterocycles. The van der Waals surface area contributed by atoms with Crippen LogP contribution in [0, 0.1) is 0 Å². The number of carbonyl (C=O) groups excluding carboxylic acids is 1. The van der Waals surface area contributed by atoms with Gasteiger partial charge >= 0.3 is 5.97 Å². The van der Waals surface area contributed by atoms with Crippen molar-refractivity contribution in [3.05, 3.63) is 46.3 Å². The number of rotatable bonds is 4. The van der Waals surface area contributed by atoms with Crippen molar-refractivity contribution in [2.75, 3.05) is 0 Å². The quantitative estimate of drug-likeness (QED) is 0.637. The van der Waals surface area contributed by atoms with Crippen LogP contribution in [0.4, 0.5) is 0 Å². The van der Waals surface area contributed by atoms with Crippen LogP contribution in [-0.4, -0.2) is 11.1 Å². The van der Waals surface area contributed by atoms with Crippen molar-refractivity contribution in [2.24, 2.45) is 0 Å². The van der Waals surface area contributed by atoms with Crippen molar-refractivity contribution >= 4 is 29.2 Å². The molecule has 0 atom stereocenters. The minimum absolute atomic E-state index is 0.215. The molecule has 0 amide bonds. The Kier molecular flexibility index (Phi) is 4.23. The zero-order chi connectivity index (χ0) is 13.0. The number of benzene rings is 1. The number of esters is 1. The normalized spacial score (nSPS) is 10.3. The second-order valence-electron chi connectivity index (χ2n) is 3.54. The maximum absolute atomic E-state index is 11.5. The van der Waals surface area contributed by atoms with Gasteiger partial charge in [0.25, 0.3) is 0 Å². The van der Waals surface area contributed by atoms with Gasteiger partial charge in [0.2, 0.25) is 0 Å². The van der Waals surface area contributed by atoms with Gasteiger partial charge in [0, 0.05) is 18.6 Å². The Hall–Kier alpha value is -1.52. The summed E-state index contributed by atoms with van der Waals surface area (Å²) < 4.78 is 9.77. The molecule has 0 aliphatic heterocycles. The molecule has 0 fully saturated rings. The second-order valence-corrected chi connectivity index (χ2v) is 4.36. The Morgan fingerprint density at radius 3 is 2.78 bits per heavy atom. The summed E-state index contributed by atoms with van der Waals surface area (Å²) in [5, 5.41) is 4.46. The predicted octanol–water partition coefficient (Wildman–Crippen LogP) is 3.52. The Bertz CT molecular complexity index is 540. The number of nitrogens with zero attached hydrogens (tertiary/aromatic N) is 1. The Morgan fingerprint density at radius 1 is 1.28 bits per heavy atom. The van der Waals surface area contributed by atoms with Gasteiger partial charge in [0.05, 0.1) is 22.2 Å². The van der Waals surface area contributed by atoms with E-state index in [9.17, 15) is 4.79 Å². The van der Waals surface area contributed by atoms with Crippen LogP contribution in [0.2, 0.25) is 10.0 Å². The molecule has 4 nitrogen and oxygen atoms in total. The van der Waals surface area contributed by atoms with Crippen LogP contribution in [0.1, 0.15) is 12.1 Å². The lowest BCUT2D eigenvalue weighted by atomic mass is 10.2. The van der Waals surface area contributed by atoms with Crippen LogP contribution >= 0.6 is 23.2 Å². The molecule has 0 aliphatic rings. The highest BCUT2D eigenvalue weighted by molar-refractivity contribution is 6.42. The van der Waals surface area contributed by atoms with E-state index in [2.05, 4.69) is 9.68 Å². The fourth-order valence-electron chi connectivity index (χ4n) is 1.32. The van der Waals surface area contributed by atoms with Crippen molar-refractivity contribution in [3.8, 4) is 5.75 Å². The molecule has 2 rings (SSSR count). The summed E-state index contributed by atoms with van der Waals surface area (Å²) in [5.41, 5.74) is 0.709. The molecule has 0 N–H and O–H groups in total. The smallest absolute Gasteiger partial charge is 0.311 e. The summed E-state index contributed by atoms with van der Waals surface area (Å²) in [6, 6.07) is 6.36. The van der Waals surface area contributed by atoms with Gasteiger partial charge in [-0.1, -0.05) is 28.4 Å². The maximum atomic E-state index is 11.5. The average Bonchev–Trinajstić information content (AvgIpc) is 2.84. The zero-order valence-corrected chi connectivity index (χ0v) is 10.7. The number of aromatic nitrogens is 1. The minimum atomic E-state index is -0.364. The van der Waals surface area contributed by atoms with Crippen molar-refractivity contribution in [1.82, 2.24) is 5.16 Å². The number of ether oxygens (including phenoxy) is 1. The predicted molar refractivity (Wildman–Crippen MR) is 66.9 cm³/mol. The molecule has 1 aromatic heterocycles. The van der Waals surface area contributed by atoms with E-state index in [1.165, 1.54) is 12.3 Å². The van der Waals surface area contributed by atoms with Crippen LogP contribution in [-0.2, 0) is 11.2 Å². The first-order chi connectivity index (χ1) is 8.65. The molecule has 94 valence electrons. The number of hydrogen-bond acceptors (Lipinski definition) is 4. The largest absolute Gasteiger partial charge is 0.426 e. The molecule has 18 heavy (non-hydrogen) atoms. The molecule has 2 aromatic rings. The first-order valence-electron chi connectivity index (χ1n) is 5.20. The summed E-state index contributed by atoms with van der Waals surface area (Å²) in [4.78, 5) is 11.5. The van der Waals surface area contributed by atoms with Gasteiger partial charge in [-0.3, -0.25) is 4.79 Å². The monoisotopic (exact) mass is 285 g/mol. The van der Waals surface area contributed by atoms with E-state index in [1.807, 2.05) is 0 Å². The maximum Gasteiger partial charge on any atom is 0.311 e. The topological polar surface area (TPSA) is 52.3 Å². The van der Waals surface area contributed by atoms with Crippen LogP contribution in [0.5, 0.6) is 5.75 Å². The van der Waals surface area contributed by atoms with Gasteiger partial charge in [0.15, 0.2) is 0 Å². The Morgan fingerprint density at radius 2 is 2.11 bits per heavy atom. The van der Waals surface area contributed by atoms with Crippen molar-refractivity contribution in [2.45, 2.75) is 12.8 Å². The van der Waals surface area contributed by atoms with Crippen molar-refractivity contribution in [1.29, 1.82) is 0 Å². The van der Waals surface area contributed by atoms with Gasteiger partial charge in [-0.15, -0.1) is 0 Å². The Labute approximate surface area is 113 Å². The average molecular weight is 286 g/mol. The molecule has 0 bridgehead atoms. The Balaban J connectivity index is 1.88. The zero-order valence-electron chi connectivity index (χ0n) is 9.23. The highest BCUT2D eigenvalue weighted by atomic mass is 35.5. The molecule has 0 unspecified atom stereocenters. The summed E-state index contributed by atoms with van der Waals surface area (Å²) in [6.45, 7) is 0. The van der Waals surface area contributed by atoms with E-state index in [4.69, 9.17) is 27.9 Å². The molecule has 0 spiro atoms. The number of hydrogen-bond donors (Lipinski definition) is 0. The highest BCUT2D eigenvalue weighted by Gasteiger charge is 2.08. The summed E-state index contributed by atoms with van der Waals surface area (Å²) >= 11 is 11.6. The molecule has 1 aromatic carbocycles. The van der Waals surface area contributed by atoms with Crippen LogP contribution in [0.25, 0.3) is 0 Å². The van der Waals surface area contributed by atoms with E-state index >= 15 is 0 Å². The van der Waals surface area contributed by atoms with E-state index in [0.717, 1.165) is 0 Å². The molecule has 6 heteroatoms. The first kappa shape index (κ1) is 12.9. The summed E-state index contributed by atoms with van der Waals surface area (Å²) in [6.07, 6.45) is 2.14. The van der Waals surface area contributed by atoms with E-state index in [-0.39, 0.29) is 12.4 Å². The standard InChI is InChI=1S/C12H9Cl2NO3/c13-10-3-2-9(7-11(10)14)18-12(16)4-1-8-5-6-17-15-8/h2-3,5-7H,1,4H2. The number of halogens is 2. The van der Waals surface area contributed by atoms with Crippen LogP contribution < -0.4 is 4.74 Å². The summed E-state index contributed by atoms with van der Waals surface area (Å²) in [7, 11) is 0. The third kappa shape index (κ3) is 3.48. The SMILES string of the molecule is O=C(CCc1ccon1)Oc1ccc(Cl)c(Cl)c1. The highest BCUT2D eigenvalue weighted by Crippen LogP contribution is 2.26. The summed E-state index contributed by atoms with van der Waals surface area (Å²) in [5.74, 6) is 0.00550. The lowest BCUT2D eigenvalue weighted by molar-refractivity contribution is -0.134. The molecular weight excluding hydrogens is 277 g/mol. The van der Waals surface area contributed by atoms with Gasteiger partial charge < -0.3 is 9.26 Å². The fourth-order valence-corrected chi connectivity index (χ4v) is 1.61. The van der Waals surface area contributed by atoms with Gasteiger partial charge in [0.1, 0.15) is 12.0 Å². The van der Waals surface area contributed by atoms with E-state index in [1.54, 1.807) is 18.2 Å². The van der Waals surface area contributed by atoms with Gasteiger partial charge in [-0.25, -0.2) is 0 Å². The molecule has 0 aliphatic carbocycles. The third-order valence-electron chi connectivity index (χ3n) is 2.20. The molecule has 1 heterocycles. The van der Waals surface area contributed by atoms with E-state index in [0.29, 0.717) is 27.9 Å². The first-order valence-corrected chi connectivity index (χ1v) is 5.96. The lowest BCUT2D eigenvalue weighted by Gasteiger charge is -2.04. The molecule has 0 saturated carbocycles. The molecule has 0 radical (unpaired) electrons. The van der Waals surface area contributed by atoms with E-state index < -0.39 is 0 Å². The number of carbonyl (C=O) groups is 1. The third-order valence-corrected chi connectivity index (χ3v) is 2.94. The van der Waals surface area contributed by atoms with Crippen LogP contribution in [0.15, 0.2) is 35.1 Å². The van der Waals surface area contributed by atoms with Gasteiger partial charge in [-0.2, -0.15) is 0 Å². The van der Waals surface area contributed by atoms with Crippen molar-refractivity contribution < 1.29 is 14.1 Å². The minimum Gasteiger partial charge on any atom is -0.426 e.